The first kappa shape index (κ1) is 16.5. The SMILES string of the molecule is C=CCn1cc(-c2cc3cc(C)ccc3n2CC=C)c2cc(C)ccc21. The molecule has 2 nitrogen and oxygen atoms in total. The third-order valence-corrected chi connectivity index (χ3v) is 5.01. The normalized spacial score (nSPS) is 11.3. The second kappa shape index (κ2) is 6.38. The molecule has 0 saturated carbocycles. The second-order valence-electron chi connectivity index (χ2n) is 7.00. The molecule has 0 radical (unpaired) electrons. The monoisotopic (exact) mass is 340 g/mol. The number of aromatic nitrogens is 2. The molecule has 2 aromatic carbocycles. The summed E-state index contributed by atoms with van der Waals surface area (Å²) in [6.07, 6.45) is 6.18. The van der Waals surface area contributed by atoms with Crippen molar-refractivity contribution in [3.8, 4) is 11.3 Å². The fourth-order valence-electron chi connectivity index (χ4n) is 3.84. The van der Waals surface area contributed by atoms with Crippen LogP contribution in [0.1, 0.15) is 11.1 Å². The van der Waals surface area contributed by atoms with Crippen molar-refractivity contribution < 1.29 is 0 Å². The minimum absolute atomic E-state index is 0.793. The molecule has 130 valence electrons. The molecule has 0 fully saturated rings. The van der Waals surface area contributed by atoms with Gasteiger partial charge in [-0.2, -0.15) is 0 Å². The Morgan fingerprint density at radius 1 is 0.846 bits per heavy atom. The highest BCUT2D eigenvalue weighted by atomic mass is 15.0. The molecular weight excluding hydrogens is 316 g/mol. The van der Waals surface area contributed by atoms with Gasteiger partial charge >= 0.3 is 0 Å². The lowest BCUT2D eigenvalue weighted by molar-refractivity contribution is 0.856. The number of rotatable bonds is 5. The van der Waals surface area contributed by atoms with Gasteiger partial charge in [-0.15, -0.1) is 13.2 Å². The summed E-state index contributed by atoms with van der Waals surface area (Å²) in [7, 11) is 0. The van der Waals surface area contributed by atoms with E-state index in [1.54, 1.807) is 0 Å². The molecule has 0 spiro atoms. The van der Waals surface area contributed by atoms with Gasteiger partial charge in [-0.05, 0) is 44.2 Å². The Morgan fingerprint density at radius 3 is 2.27 bits per heavy atom. The van der Waals surface area contributed by atoms with Crippen molar-refractivity contribution in [2.45, 2.75) is 26.9 Å². The highest BCUT2D eigenvalue weighted by Gasteiger charge is 2.16. The maximum atomic E-state index is 3.97. The van der Waals surface area contributed by atoms with Crippen LogP contribution in [0.25, 0.3) is 33.1 Å². The van der Waals surface area contributed by atoms with Gasteiger partial charge in [0.2, 0.25) is 0 Å². The van der Waals surface area contributed by atoms with Crippen LogP contribution >= 0.6 is 0 Å². The van der Waals surface area contributed by atoms with Gasteiger partial charge in [-0.3, -0.25) is 0 Å². The van der Waals surface area contributed by atoms with E-state index in [-0.39, 0.29) is 0 Å². The molecule has 2 heterocycles. The van der Waals surface area contributed by atoms with Crippen molar-refractivity contribution in [1.82, 2.24) is 9.13 Å². The van der Waals surface area contributed by atoms with Crippen molar-refractivity contribution in [3.05, 3.63) is 85.1 Å². The van der Waals surface area contributed by atoms with E-state index < -0.39 is 0 Å². The van der Waals surface area contributed by atoms with Gasteiger partial charge in [0.1, 0.15) is 0 Å². The summed E-state index contributed by atoms with van der Waals surface area (Å²) in [6, 6.07) is 15.6. The molecular formula is C24H24N2. The number of aryl methyl sites for hydroxylation is 2. The number of hydrogen-bond acceptors (Lipinski definition) is 0. The first-order valence-corrected chi connectivity index (χ1v) is 9.04. The topological polar surface area (TPSA) is 9.86 Å². The summed E-state index contributed by atoms with van der Waals surface area (Å²) in [5, 5.41) is 2.57. The van der Waals surface area contributed by atoms with Gasteiger partial charge in [0.05, 0.1) is 5.69 Å². The molecule has 4 aromatic rings. The van der Waals surface area contributed by atoms with Crippen molar-refractivity contribution in [3.63, 3.8) is 0 Å². The summed E-state index contributed by atoms with van der Waals surface area (Å²) < 4.78 is 4.63. The van der Waals surface area contributed by atoms with E-state index in [4.69, 9.17) is 0 Å². The van der Waals surface area contributed by atoms with Gasteiger partial charge in [-0.1, -0.05) is 35.4 Å². The van der Waals surface area contributed by atoms with Crippen LogP contribution in [-0.4, -0.2) is 9.13 Å². The van der Waals surface area contributed by atoms with E-state index in [0.717, 1.165) is 13.1 Å². The van der Waals surface area contributed by atoms with E-state index in [1.807, 2.05) is 12.2 Å². The van der Waals surface area contributed by atoms with Gasteiger partial charge in [0.25, 0.3) is 0 Å². The average Bonchev–Trinajstić information content (AvgIpc) is 3.13. The summed E-state index contributed by atoms with van der Waals surface area (Å²) >= 11 is 0. The Labute approximate surface area is 154 Å². The molecule has 2 aromatic heterocycles. The minimum Gasteiger partial charge on any atom is -0.343 e. The smallest absolute Gasteiger partial charge is 0.0515 e. The molecule has 4 rings (SSSR count). The number of benzene rings is 2. The zero-order valence-corrected chi connectivity index (χ0v) is 15.5. The molecule has 0 aliphatic rings. The summed E-state index contributed by atoms with van der Waals surface area (Å²) in [6.45, 7) is 13.8. The third-order valence-electron chi connectivity index (χ3n) is 5.01. The number of allylic oxidation sites excluding steroid dienone is 2. The quantitative estimate of drug-likeness (QED) is 0.380. The molecule has 26 heavy (non-hydrogen) atoms. The van der Waals surface area contributed by atoms with Crippen LogP contribution in [0.5, 0.6) is 0 Å². The van der Waals surface area contributed by atoms with E-state index >= 15 is 0 Å². The van der Waals surface area contributed by atoms with E-state index in [9.17, 15) is 0 Å². The lowest BCUT2D eigenvalue weighted by Gasteiger charge is -2.08. The van der Waals surface area contributed by atoms with Crippen LogP contribution in [0, 0.1) is 13.8 Å². The van der Waals surface area contributed by atoms with Gasteiger partial charge in [0, 0.05) is 46.7 Å². The number of hydrogen-bond donors (Lipinski definition) is 0. The molecule has 2 heteroatoms. The fraction of sp³-hybridized carbons (Fsp3) is 0.167. The Kier molecular flexibility index (Phi) is 4.04. The Morgan fingerprint density at radius 2 is 1.54 bits per heavy atom. The zero-order valence-electron chi connectivity index (χ0n) is 15.5. The van der Waals surface area contributed by atoms with Crippen molar-refractivity contribution >= 4 is 21.8 Å². The average molecular weight is 340 g/mol. The lowest BCUT2D eigenvalue weighted by Crippen LogP contribution is -1.97. The lowest BCUT2D eigenvalue weighted by atomic mass is 10.1. The van der Waals surface area contributed by atoms with E-state index in [1.165, 1.54) is 44.2 Å². The first-order valence-electron chi connectivity index (χ1n) is 9.04. The molecule has 0 atom stereocenters. The third kappa shape index (κ3) is 2.59. The van der Waals surface area contributed by atoms with Crippen LogP contribution in [0.2, 0.25) is 0 Å². The van der Waals surface area contributed by atoms with Gasteiger partial charge < -0.3 is 9.13 Å². The van der Waals surface area contributed by atoms with Crippen LogP contribution in [0.4, 0.5) is 0 Å². The Bertz CT molecular complexity index is 1140. The number of nitrogens with zero attached hydrogens (tertiary/aromatic N) is 2. The second-order valence-corrected chi connectivity index (χ2v) is 7.00. The van der Waals surface area contributed by atoms with Crippen molar-refractivity contribution in [2.24, 2.45) is 0 Å². The predicted octanol–water partition coefficient (Wildman–Crippen LogP) is 6.25. The van der Waals surface area contributed by atoms with Crippen LogP contribution in [-0.2, 0) is 13.1 Å². The van der Waals surface area contributed by atoms with Crippen molar-refractivity contribution in [2.75, 3.05) is 0 Å². The molecule has 0 N–H and O–H groups in total. The maximum absolute atomic E-state index is 3.97. The molecule has 0 saturated heterocycles. The maximum Gasteiger partial charge on any atom is 0.0515 e. The molecule has 0 aliphatic heterocycles. The molecule has 0 aliphatic carbocycles. The van der Waals surface area contributed by atoms with Gasteiger partial charge in [0.15, 0.2) is 0 Å². The van der Waals surface area contributed by atoms with E-state index in [0.29, 0.717) is 0 Å². The molecule has 0 amide bonds. The largest absolute Gasteiger partial charge is 0.343 e. The summed E-state index contributed by atoms with van der Waals surface area (Å²) in [5.74, 6) is 0. The van der Waals surface area contributed by atoms with Crippen LogP contribution < -0.4 is 0 Å². The zero-order chi connectivity index (χ0) is 18.3. The Hall–Kier alpha value is -3.00. The first-order chi connectivity index (χ1) is 12.6. The fourth-order valence-corrected chi connectivity index (χ4v) is 3.84. The van der Waals surface area contributed by atoms with E-state index in [2.05, 4.69) is 84.8 Å². The highest BCUT2D eigenvalue weighted by molar-refractivity contribution is 5.99. The predicted molar refractivity (Wildman–Crippen MR) is 113 cm³/mol. The highest BCUT2D eigenvalue weighted by Crippen LogP contribution is 2.35. The Balaban J connectivity index is 2.06. The minimum atomic E-state index is 0.793. The standard InChI is InChI=1S/C24H24N2/c1-5-11-25-16-21(20-14-18(4)8-10-23(20)25)24-15-19-13-17(3)7-9-22(19)26(24)12-6-2/h5-10,13-16H,1-2,11-12H2,3-4H3. The van der Waals surface area contributed by atoms with Crippen LogP contribution in [0.3, 0.4) is 0 Å². The van der Waals surface area contributed by atoms with Gasteiger partial charge in [-0.25, -0.2) is 0 Å². The van der Waals surface area contributed by atoms with Crippen molar-refractivity contribution in [1.29, 1.82) is 0 Å². The number of fused-ring (bicyclic) bond motifs is 2. The summed E-state index contributed by atoms with van der Waals surface area (Å²) in [5.41, 5.74) is 7.56. The molecule has 0 unspecified atom stereocenters. The summed E-state index contributed by atoms with van der Waals surface area (Å²) in [4.78, 5) is 0. The van der Waals surface area contributed by atoms with Crippen LogP contribution in [0.15, 0.2) is 74.0 Å². The molecule has 0 bridgehead atoms.